The molecule has 3 heteroatoms. The molecule has 0 aliphatic heterocycles. The molecule has 0 fully saturated rings. The Labute approximate surface area is 129 Å². The van der Waals surface area contributed by atoms with Gasteiger partial charge in [0.2, 0.25) is 5.91 Å². The molecule has 118 valence electrons. The van der Waals surface area contributed by atoms with Gasteiger partial charge < -0.3 is 10.2 Å². The average Bonchev–Trinajstić information content (AvgIpc) is 2.45. The van der Waals surface area contributed by atoms with E-state index >= 15 is 0 Å². The Hall–Kier alpha value is -1.51. The molecule has 0 radical (unpaired) electrons. The lowest BCUT2D eigenvalue weighted by molar-refractivity contribution is -0.129. The van der Waals surface area contributed by atoms with Crippen molar-refractivity contribution in [2.75, 3.05) is 25.0 Å². The van der Waals surface area contributed by atoms with Crippen molar-refractivity contribution in [3.63, 3.8) is 0 Å². The van der Waals surface area contributed by atoms with Gasteiger partial charge in [-0.05, 0) is 36.8 Å². The summed E-state index contributed by atoms with van der Waals surface area (Å²) in [6.45, 7) is 12.8. The smallest absolute Gasteiger partial charge is 0.241 e. The molecule has 0 spiro atoms. The molecule has 21 heavy (non-hydrogen) atoms. The second-order valence-corrected chi connectivity index (χ2v) is 5.93. The topological polar surface area (TPSA) is 32.3 Å². The van der Waals surface area contributed by atoms with Crippen molar-refractivity contribution in [3.05, 3.63) is 29.3 Å². The number of amides is 1. The van der Waals surface area contributed by atoms with Gasteiger partial charge in [0, 0.05) is 18.8 Å². The van der Waals surface area contributed by atoms with Gasteiger partial charge in [-0.2, -0.15) is 0 Å². The standard InChI is InChI=1S/C18H30N2O/c1-6-11-20(12-7-2)17(21)13-19-18-15(5)9-8-10-16(18)14(3)4/h8-10,14,19H,6-7,11-13H2,1-5H3. The van der Waals surface area contributed by atoms with Crippen molar-refractivity contribution in [1.29, 1.82) is 0 Å². The molecule has 3 nitrogen and oxygen atoms in total. The molecule has 0 aromatic heterocycles. The number of anilines is 1. The summed E-state index contributed by atoms with van der Waals surface area (Å²) >= 11 is 0. The van der Waals surface area contributed by atoms with Crippen molar-refractivity contribution in [2.45, 2.75) is 53.4 Å². The zero-order valence-electron chi connectivity index (χ0n) is 14.2. The van der Waals surface area contributed by atoms with Crippen LogP contribution in [0.3, 0.4) is 0 Å². The molecule has 0 aliphatic rings. The first-order valence-corrected chi connectivity index (χ1v) is 8.12. The summed E-state index contributed by atoms with van der Waals surface area (Å²) in [5, 5.41) is 3.37. The molecule has 0 atom stereocenters. The van der Waals surface area contributed by atoms with Crippen LogP contribution in [0.4, 0.5) is 5.69 Å². The van der Waals surface area contributed by atoms with Crippen LogP contribution in [0.2, 0.25) is 0 Å². The zero-order chi connectivity index (χ0) is 15.8. The van der Waals surface area contributed by atoms with E-state index in [1.807, 2.05) is 4.90 Å². The van der Waals surface area contributed by atoms with Crippen molar-refractivity contribution in [1.82, 2.24) is 4.90 Å². The molecule has 1 amide bonds. The highest BCUT2D eigenvalue weighted by Crippen LogP contribution is 2.27. The van der Waals surface area contributed by atoms with Crippen LogP contribution >= 0.6 is 0 Å². The fourth-order valence-electron chi connectivity index (χ4n) is 2.59. The van der Waals surface area contributed by atoms with Gasteiger partial charge in [-0.15, -0.1) is 0 Å². The van der Waals surface area contributed by atoms with E-state index in [9.17, 15) is 4.79 Å². The lowest BCUT2D eigenvalue weighted by atomic mass is 9.98. The molecule has 0 heterocycles. The summed E-state index contributed by atoms with van der Waals surface area (Å²) in [5.41, 5.74) is 3.60. The third-order valence-electron chi connectivity index (χ3n) is 3.68. The maximum absolute atomic E-state index is 12.4. The fourth-order valence-corrected chi connectivity index (χ4v) is 2.59. The minimum Gasteiger partial charge on any atom is -0.376 e. The number of hydrogen-bond donors (Lipinski definition) is 1. The average molecular weight is 290 g/mol. The van der Waals surface area contributed by atoms with Gasteiger partial charge in [-0.1, -0.05) is 45.9 Å². The highest BCUT2D eigenvalue weighted by atomic mass is 16.2. The quantitative estimate of drug-likeness (QED) is 0.779. The summed E-state index contributed by atoms with van der Waals surface area (Å²) < 4.78 is 0. The maximum atomic E-state index is 12.4. The molecular weight excluding hydrogens is 260 g/mol. The van der Waals surface area contributed by atoms with Crippen LogP contribution in [0.25, 0.3) is 0 Å². The summed E-state index contributed by atoms with van der Waals surface area (Å²) in [4.78, 5) is 14.3. The minimum atomic E-state index is 0.191. The number of aryl methyl sites for hydroxylation is 1. The van der Waals surface area contributed by atoms with E-state index in [1.165, 1.54) is 11.1 Å². The molecule has 1 N–H and O–H groups in total. The van der Waals surface area contributed by atoms with E-state index in [-0.39, 0.29) is 5.91 Å². The zero-order valence-corrected chi connectivity index (χ0v) is 14.2. The molecule has 0 aliphatic carbocycles. The van der Waals surface area contributed by atoms with Gasteiger partial charge in [0.25, 0.3) is 0 Å². The Morgan fingerprint density at radius 2 is 1.81 bits per heavy atom. The Morgan fingerprint density at radius 1 is 1.19 bits per heavy atom. The molecule has 0 unspecified atom stereocenters. The van der Waals surface area contributed by atoms with Crippen molar-refractivity contribution in [2.24, 2.45) is 0 Å². The normalized spacial score (nSPS) is 10.8. The van der Waals surface area contributed by atoms with Gasteiger partial charge in [-0.3, -0.25) is 4.79 Å². The van der Waals surface area contributed by atoms with Crippen molar-refractivity contribution < 1.29 is 4.79 Å². The van der Waals surface area contributed by atoms with Crippen LogP contribution in [-0.2, 0) is 4.79 Å². The number of carbonyl (C=O) groups excluding carboxylic acids is 1. The van der Waals surface area contributed by atoms with Crippen LogP contribution in [0.5, 0.6) is 0 Å². The molecule has 1 aromatic carbocycles. The highest BCUT2D eigenvalue weighted by molar-refractivity contribution is 5.81. The molecule has 0 saturated heterocycles. The first kappa shape index (κ1) is 17.5. The van der Waals surface area contributed by atoms with E-state index < -0.39 is 0 Å². The second kappa shape index (κ2) is 8.71. The van der Waals surface area contributed by atoms with Crippen LogP contribution in [-0.4, -0.2) is 30.4 Å². The Bertz CT molecular complexity index is 449. The van der Waals surface area contributed by atoms with Gasteiger partial charge in [0.05, 0.1) is 6.54 Å². The summed E-state index contributed by atoms with van der Waals surface area (Å²) in [7, 11) is 0. The number of benzene rings is 1. The predicted octanol–water partition coefficient (Wildman–Crippen LogP) is 4.18. The third kappa shape index (κ3) is 5.07. The van der Waals surface area contributed by atoms with Gasteiger partial charge >= 0.3 is 0 Å². The predicted molar refractivity (Wildman–Crippen MR) is 90.9 cm³/mol. The monoisotopic (exact) mass is 290 g/mol. The van der Waals surface area contributed by atoms with E-state index in [0.717, 1.165) is 31.6 Å². The number of hydrogen-bond acceptors (Lipinski definition) is 2. The number of nitrogens with one attached hydrogen (secondary N) is 1. The summed E-state index contributed by atoms with van der Waals surface area (Å²) in [5.74, 6) is 0.640. The first-order valence-electron chi connectivity index (χ1n) is 8.12. The van der Waals surface area contributed by atoms with Crippen LogP contribution in [0, 0.1) is 6.92 Å². The van der Waals surface area contributed by atoms with Crippen molar-refractivity contribution in [3.8, 4) is 0 Å². The van der Waals surface area contributed by atoms with E-state index in [4.69, 9.17) is 0 Å². The molecule has 1 rings (SSSR count). The second-order valence-electron chi connectivity index (χ2n) is 5.93. The van der Waals surface area contributed by atoms with Crippen molar-refractivity contribution >= 4 is 11.6 Å². The largest absolute Gasteiger partial charge is 0.376 e. The molecule has 1 aromatic rings. The van der Waals surface area contributed by atoms with E-state index in [1.54, 1.807) is 0 Å². The lowest BCUT2D eigenvalue weighted by Gasteiger charge is -2.23. The summed E-state index contributed by atoms with van der Waals surface area (Å²) in [6, 6.07) is 6.31. The Kier molecular flexibility index (Phi) is 7.27. The minimum absolute atomic E-state index is 0.191. The van der Waals surface area contributed by atoms with Gasteiger partial charge in [0.1, 0.15) is 0 Å². The number of nitrogens with zero attached hydrogens (tertiary/aromatic N) is 1. The Morgan fingerprint density at radius 3 is 2.33 bits per heavy atom. The maximum Gasteiger partial charge on any atom is 0.241 e. The number of carbonyl (C=O) groups is 1. The van der Waals surface area contributed by atoms with Crippen LogP contribution in [0.1, 0.15) is 57.6 Å². The lowest BCUT2D eigenvalue weighted by Crippen LogP contribution is -2.36. The van der Waals surface area contributed by atoms with Crippen LogP contribution in [0.15, 0.2) is 18.2 Å². The van der Waals surface area contributed by atoms with E-state index in [2.05, 4.69) is 58.1 Å². The molecule has 0 saturated carbocycles. The van der Waals surface area contributed by atoms with Gasteiger partial charge in [0.15, 0.2) is 0 Å². The van der Waals surface area contributed by atoms with Crippen LogP contribution < -0.4 is 5.32 Å². The highest BCUT2D eigenvalue weighted by Gasteiger charge is 2.14. The molecule has 0 bridgehead atoms. The molecular formula is C18H30N2O. The van der Waals surface area contributed by atoms with E-state index in [0.29, 0.717) is 12.5 Å². The fraction of sp³-hybridized carbons (Fsp3) is 0.611. The third-order valence-corrected chi connectivity index (χ3v) is 3.68. The number of rotatable bonds is 8. The van der Waals surface area contributed by atoms with Gasteiger partial charge in [-0.25, -0.2) is 0 Å². The summed E-state index contributed by atoms with van der Waals surface area (Å²) in [6.07, 6.45) is 2.01. The first-order chi connectivity index (χ1) is 10.0. The number of para-hydroxylation sites is 1. The Balaban J connectivity index is 2.76. The SMILES string of the molecule is CCCN(CCC)C(=O)CNc1c(C)cccc1C(C)C.